The molecule has 0 atom stereocenters. The summed E-state index contributed by atoms with van der Waals surface area (Å²) in [6.45, 7) is -0.542. The fourth-order valence-electron chi connectivity index (χ4n) is 2.70. The maximum absolute atomic E-state index is 13.1. The van der Waals surface area contributed by atoms with Crippen molar-refractivity contribution in [3.8, 4) is 0 Å². The van der Waals surface area contributed by atoms with Gasteiger partial charge in [0, 0.05) is 13.6 Å². The number of alkyl halides is 3. The van der Waals surface area contributed by atoms with Gasteiger partial charge in [0.25, 0.3) is 0 Å². The first kappa shape index (κ1) is 17.8. The van der Waals surface area contributed by atoms with Crippen LogP contribution in [0.15, 0.2) is 57.7 Å². The Hall–Kier alpha value is -3.03. The van der Waals surface area contributed by atoms with Crippen LogP contribution in [-0.4, -0.2) is 22.4 Å². The molecule has 0 aliphatic carbocycles. The standard InChI is InChI=1S/C18H15F3N2O3/c1-22(10-12-6-2-3-7-13(12)18(19,20)21)16(24)11-23-14-8-4-5-9-15(14)26-17(23)25/h2-9H,10-11H2,1H3. The number of hydrogen-bond acceptors (Lipinski definition) is 3. The SMILES string of the molecule is CN(Cc1ccccc1C(F)(F)F)C(=O)Cn1c(=O)oc2ccccc21. The van der Waals surface area contributed by atoms with Gasteiger partial charge in [0.15, 0.2) is 5.58 Å². The van der Waals surface area contributed by atoms with Crippen molar-refractivity contribution >= 4 is 17.0 Å². The maximum atomic E-state index is 13.1. The smallest absolute Gasteiger partial charge is 0.408 e. The molecule has 0 spiro atoms. The summed E-state index contributed by atoms with van der Waals surface area (Å²) < 4.78 is 45.4. The van der Waals surface area contributed by atoms with E-state index in [0.717, 1.165) is 15.5 Å². The van der Waals surface area contributed by atoms with Crippen molar-refractivity contribution in [1.29, 1.82) is 0 Å². The number of rotatable bonds is 4. The summed E-state index contributed by atoms with van der Waals surface area (Å²) in [7, 11) is 1.39. The molecule has 1 amide bonds. The van der Waals surface area contributed by atoms with Gasteiger partial charge in [-0.15, -0.1) is 0 Å². The molecule has 0 aliphatic rings. The lowest BCUT2D eigenvalue weighted by Gasteiger charge is -2.20. The van der Waals surface area contributed by atoms with E-state index in [-0.39, 0.29) is 18.7 Å². The number of likely N-dealkylation sites (N-methyl/N-ethyl adjacent to an activating group) is 1. The summed E-state index contributed by atoms with van der Waals surface area (Å²) in [6.07, 6.45) is -4.50. The number of para-hydroxylation sites is 2. The van der Waals surface area contributed by atoms with E-state index >= 15 is 0 Å². The monoisotopic (exact) mass is 364 g/mol. The highest BCUT2D eigenvalue weighted by Gasteiger charge is 2.33. The number of halogens is 3. The number of carbonyl (C=O) groups is 1. The third kappa shape index (κ3) is 3.49. The number of carbonyl (C=O) groups excluding carboxylic acids is 1. The second-order valence-corrected chi connectivity index (χ2v) is 5.83. The summed E-state index contributed by atoms with van der Waals surface area (Å²) in [4.78, 5) is 25.5. The Labute approximate surface area is 146 Å². The first-order chi connectivity index (χ1) is 12.3. The normalized spacial score (nSPS) is 11.7. The number of aromatic nitrogens is 1. The van der Waals surface area contributed by atoms with Crippen LogP contribution < -0.4 is 5.76 Å². The predicted octanol–water partition coefficient (Wildman–Crippen LogP) is 3.27. The minimum absolute atomic E-state index is 0.0137. The largest absolute Gasteiger partial charge is 0.420 e. The second kappa shape index (κ2) is 6.70. The first-order valence-corrected chi connectivity index (χ1v) is 7.75. The van der Waals surface area contributed by atoms with Crippen LogP contribution in [0.25, 0.3) is 11.1 Å². The summed E-state index contributed by atoms with van der Waals surface area (Å²) >= 11 is 0. The van der Waals surface area contributed by atoms with Crippen LogP contribution >= 0.6 is 0 Å². The lowest BCUT2D eigenvalue weighted by atomic mass is 10.1. The maximum Gasteiger partial charge on any atom is 0.420 e. The fraction of sp³-hybridized carbons (Fsp3) is 0.222. The zero-order valence-corrected chi connectivity index (χ0v) is 13.8. The molecule has 8 heteroatoms. The van der Waals surface area contributed by atoms with Crippen LogP contribution in [0.5, 0.6) is 0 Å². The number of benzene rings is 2. The lowest BCUT2D eigenvalue weighted by molar-refractivity contribution is -0.139. The van der Waals surface area contributed by atoms with Crippen LogP contribution in [0.1, 0.15) is 11.1 Å². The molecule has 3 rings (SSSR count). The topological polar surface area (TPSA) is 55.5 Å². The Morgan fingerprint density at radius 1 is 1.12 bits per heavy atom. The van der Waals surface area contributed by atoms with Gasteiger partial charge in [0.1, 0.15) is 6.54 Å². The van der Waals surface area contributed by atoms with E-state index in [1.54, 1.807) is 24.3 Å². The first-order valence-electron chi connectivity index (χ1n) is 7.75. The van der Waals surface area contributed by atoms with Crippen molar-refractivity contribution in [2.75, 3.05) is 7.05 Å². The molecule has 5 nitrogen and oxygen atoms in total. The molecule has 136 valence electrons. The molecule has 2 aromatic carbocycles. The van der Waals surface area contributed by atoms with E-state index in [9.17, 15) is 22.8 Å². The van der Waals surface area contributed by atoms with Crippen LogP contribution in [-0.2, 0) is 24.1 Å². The molecule has 0 fully saturated rings. The van der Waals surface area contributed by atoms with Gasteiger partial charge in [0.05, 0.1) is 11.1 Å². The van der Waals surface area contributed by atoms with Crippen LogP contribution in [0, 0.1) is 0 Å². The van der Waals surface area contributed by atoms with Gasteiger partial charge in [-0.05, 0) is 23.8 Å². The number of hydrogen-bond donors (Lipinski definition) is 0. The van der Waals surface area contributed by atoms with Gasteiger partial charge < -0.3 is 9.32 Å². The third-order valence-corrected chi connectivity index (χ3v) is 4.02. The average molecular weight is 364 g/mol. The van der Waals surface area contributed by atoms with Gasteiger partial charge in [-0.25, -0.2) is 4.79 Å². The minimum atomic E-state index is -4.50. The van der Waals surface area contributed by atoms with Gasteiger partial charge in [-0.2, -0.15) is 13.2 Å². The number of oxazole rings is 1. The predicted molar refractivity (Wildman–Crippen MR) is 88.4 cm³/mol. The van der Waals surface area contributed by atoms with Crippen molar-refractivity contribution in [3.05, 3.63) is 70.2 Å². The molecule has 0 unspecified atom stereocenters. The fourth-order valence-corrected chi connectivity index (χ4v) is 2.70. The number of fused-ring (bicyclic) bond motifs is 1. The molecule has 26 heavy (non-hydrogen) atoms. The van der Waals surface area contributed by atoms with E-state index in [1.165, 1.54) is 25.2 Å². The number of nitrogens with zero attached hydrogens (tertiary/aromatic N) is 2. The van der Waals surface area contributed by atoms with Crippen molar-refractivity contribution in [3.63, 3.8) is 0 Å². The molecule has 1 heterocycles. The summed E-state index contributed by atoms with van der Waals surface area (Å²) in [5.41, 5.74) is -0.00358. The van der Waals surface area contributed by atoms with Gasteiger partial charge >= 0.3 is 11.9 Å². The molecule has 1 aromatic heterocycles. The average Bonchev–Trinajstić information content (AvgIpc) is 2.90. The zero-order valence-electron chi connectivity index (χ0n) is 13.8. The van der Waals surface area contributed by atoms with E-state index < -0.39 is 23.4 Å². The molecule has 0 saturated heterocycles. The molecule has 3 aromatic rings. The third-order valence-electron chi connectivity index (χ3n) is 4.02. The van der Waals surface area contributed by atoms with E-state index in [1.807, 2.05) is 0 Å². The second-order valence-electron chi connectivity index (χ2n) is 5.83. The molecule has 0 N–H and O–H groups in total. The van der Waals surface area contributed by atoms with Crippen molar-refractivity contribution in [2.45, 2.75) is 19.3 Å². The van der Waals surface area contributed by atoms with Crippen molar-refractivity contribution in [2.24, 2.45) is 0 Å². The van der Waals surface area contributed by atoms with E-state index in [2.05, 4.69) is 0 Å². The Morgan fingerprint density at radius 2 is 1.77 bits per heavy atom. The van der Waals surface area contributed by atoms with Gasteiger partial charge in [-0.1, -0.05) is 30.3 Å². The highest BCUT2D eigenvalue weighted by molar-refractivity contribution is 5.79. The van der Waals surface area contributed by atoms with Crippen molar-refractivity contribution < 1.29 is 22.4 Å². The quantitative estimate of drug-likeness (QED) is 0.714. The van der Waals surface area contributed by atoms with Gasteiger partial charge in [-0.3, -0.25) is 9.36 Å². The van der Waals surface area contributed by atoms with E-state index in [4.69, 9.17) is 4.42 Å². The molecule has 0 saturated carbocycles. The zero-order chi connectivity index (χ0) is 18.9. The Balaban J connectivity index is 1.81. The van der Waals surface area contributed by atoms with Crippen LogP contribution in [0.4, 0.5) is 13.2 Å². The summed E-state index contributed by atoms with van der Waals surface area (Å²) in [5, 5.41) is 0. The lowest BCUT2D eigenvalue weighted by Crippen LogP contribution is -2.33. The van der Waals surface area contributed by atoms with Crippen LogP contribution in [0.3, 0.4) is 0 Å². The van der Waals surface area contributed by atoms with E-state index in [0.29, 0.717) is 11.1 Å². The molecule has 0 aliphatic heterocycles. The Morgan fingerprint density at radius 3 is 2.50 bits per heavy atom. The Bertz CT molecular complexity index is 1000. The highest BCUT2D eigenvalue weighted by atomic mass is 19.4. The highest BCUT2D eigenvalue weighted by Crippen LogP contribution is 2.32. The minimum Gasteiger partial charge on any atom is -0.408 e. The number of amides is 1. The summed E-state index contributed by atoms with van der Waals surface area (Å²) in [6, 6.07) is 11.7. The van der Waals surface area contributed by atoms with Crippen LogP contribution in [0.2, 0.25) is 0 Å². The van der Waals surface area contributed by atoms with Crippen molar-refractivity contribution in [1.82, 2.24) is 9.47 Å². The van der Waals surface area contributed by atoms with Gasteiger partial charge in [0.2, 0.25) is 5.91 Å². The Kier molecular flexibility index (Phi) is 4.58. The molecule has 0 bridgehead atoms. The molecule has 0 radical (unpaired) electrons. The molecular weight excluding hydrogens is 349 g/mol. The molecular formula is C18H15F3N2O3. The summed E-state index contributed by atoms with van der Waals surface area (Å²) in [5.74, 6) is -1.20.